The third kappa shape index (κ3) is 5.04. The van der Waals surface area contributed by atoms with Crippen LogP contribution in [0.2, 0.25) is 0 Å². The van der Waals surface area contributed by atoms with Crippen LogP contribution in [-0.2, 0) is 10.0 Å². The van der Waals surface area contributed by atoms with Crippen LogP contribution in [0.25, 0.3) is 11.4 Å². The molecule has 1 aliphatic heterocycles. The lowest BCUT2D eigenvalue weighted by atomic mass is 10.2. The summed E-state index contributed by atoms with van der Waals surface area (Å²) < 4.78 is 42.4. The second-order valence-electron chi connectivity index (χ2n) is 8.04. The fourth-order valence-corrected chi connectivity index (χ4v) is 4.91. The number of nitrogens with one attached hydrogen (secondary N) is 3. The highest BCUT2D eigenvalue weighted by atomic mass is 32.2. The van der Waals surface area contributed by atoms with E-state index in [9.17, 15) is 12.8 Å². The minimum Gasteiger partial charge on any atom is -0.356 e. The molecule has 4 aromatic rings. The Morgan fingerprint density at radius 3 is 2.46 bits per heavy atom. The number of hydrogen-bond donors (Lipinski definition) is 3. The summed E-state index contributed by atoms with van der Waals surface area (Å²) >= 11 is 0. The van der Waals surface area contributed by atoms with Gasteiger partial charge in [0.1, 0.15) is 23.3 Å². The van der Waals surface area contributed by atoms with Crippen LogP contribution in [0.5, 0.6) is 0 Å². The van der Waals surface area contributed by atoms with Gasteiger partial charge in [0.15, 0.2) is 0 Å². The predicted molar refractivity (Wildman–Crippen MR) is 128 cm³/mol. The maximum absolute atomic E-state index is 14.2. The van der Waals surface area contributed by atoms with Gasteiger partial charge in [-0.05, 0) is 67.4 Å². The first-order chi connectivity index (χ1) is 16.9. The summed E-state index contributed by atoms with van der Waals surface area (Å²) in [7, 11) is -3.99. The average Bonchev–Trinajstić information content (AvgIpc) is 3.55. The van der Waals surface area contributed by atoms with Crippen molar-refractivity contribution < 1.29 is 12.8 Å². The minimum atomic E-state index is -3.99. The van der Waals surface area contributed by atoms with Gasteiger partial charge in [-0.15, -0.1) is 10.2 Å². The first-order valence-electron chi connectivity index (χ1n) is 10.9. The minimum absolute atomic E-state index is 0.0391. The maximum atomic E-state index is 14.2. The third-order valence-corrected chi connectivity index (χ3v) is 6.88. The van der Waals surface area contributed by atoms with E-state index in [1.807, 2.05) is 13.0 Å². The zero-order valence-corrected chi connectivity index (χ0v) is 19.5. The number of tetrazole rings is 1. The molecule has 3 N–H and O–H groups in total. The van der Waals surface area contributed by atoms with Gasteiger partial charge in [-0.3, -0.25) is 4.72 Å². The van der Waals surface area contributed by atoms with Crippen LogP contribution in [0.3, 0.4) is 0 Å². The number of anilines is 4. The van der Waals surface area contributed by atoms with Crippen LogP contribution in [0, 0.1) is 12.7 Å². The van der Waals surface area contributed by atoms with Gasteiger partial charge in [-0.25, -0.2) is 22.8 Å². The Kier molecular flexibility index (Phi) is 5.99. The Morgan fingerprint density at radius 2 is 1.74 bits per heavy atom. The Balaban J connectivity index is 1.31. The average molecular weight is 496 g/mol. The normalized spacial score (nSPS) is 13.7. The molecule has 0 aliphatic carbocycles. The largest absolute Gasteiger partial charge is 0.356 e. The molecule has 0 atom stereocenters. The fraction of sp³-hybridized carbons (Fsp3) is 0.227. The van der Waals surface area contributed by atoms with Crippen LogP contribution < -0.4 is 14.9 Å². The van der Waals surface area contributed by atoms with E-state index in [1.165, 1.54) is 6.07 Å². The van der Waals surface area contributed by atoms with Gasteiger partial charge in [0.2, 0.25) is 5.82 Å². The highest BCUT2D eigenvalue weighted by Crippen LogP contribution is 2.26. The van der Waals surface area contributed by atoms with Crippen LogP contribution in [0.1, 0.15) is 18.7 Å². The zero-order chi connectivity index (χ0) is 24.4. The van der Waals surface area contributed by atoms with E-state index >= 15 is 0 Å². The van der Waals surface area contributed by atoms with Crippen LogP contribution in [0.15, 0.2) is 53.4 Å². The Labute approximate surface area is 200 Å². The number of hydrogen-bond acceptors (Lipinski definition) is 9. The molecule has 5 rings (SSSR count). The van der Waals surface area contributed by atoms with E-state index in [4.69, 9.17) is 0 Å². The van der Waals surface area contributed by atoms with Crippen molar-refractivity contribution in [1.29, 1.82) is 0 Å². The van der Waals surface area contributed by atoms with E-state index in [0.29, 0.717) is 17.3 Å². The van der Waals surface area contributed by atoms with Crippen molar-refractivity contribution in [3.63, 3.8) is 0 Å². The Hall–Kier alpha value is -4.13. The van der Waals surface area contributed by atoms with Crippen molar-refractivity contribution in [2.24, 2.45) is 0 Å². The van der Waals surface area contributed by atoms with E-state index in [-0.39, 0.29) is 16.3 Å². The molecule has 13 heteroatoms. The van der Waals surface area contributed by atoms with Crippen molar-refractivity contribution >= 4 is 33.0 Å². The highest BCUT2D eigenvalue weighted by Gasteiger charge is 2.19. The van der Waals surface area contributed by atoms with Crippen molar-refractivity contribution in [2.75, 3.05) is 28.0 Å². The summed E-state index contributed by atoms with van der Waals surface area (Å²) in [4.78, 5) is 11.1. The molecule has 0 saturated carbocycles. The topological polar surface area (TPSA) is 142 Å². The van der Waals surface area contributed by atoms with Gasteiger partial charge >= 0.3 is 0 Å². The molecule has 1 saturated heterocycles. The molecule has 35 heavy (non-hydrogen) atoms. The summed E-state index contributed by atoms with van der Waals surface area (Å²) in [5.41, 5.74) is 1.01. The lowest BCUT2D eigenvalue weighted by molar-refractivity contribution is 0.600. The molecule has 3 heterocycles. The van der Waals surface area contributed by atoms with Gasteiger partial charge < -0.3 is 10.2 Å². The van der Waals surface area contributed by atoms with Gasteiger partial charge in [0.05, 0.1) is 10.5 Å². The SMILES string of the molecule is Cc1nc(Nc2ccc(NS(=O)(=O)c3ccc(F)c(-c4nn[nH]n4)c3)cc2)cc(N2CCCC2)n1. The van der Waals surface area contributed by atoms with E-state index in [1.54, 1.807) is 24.3 Å². The smallest absolute Gasteiger partial charge is 0.261 e. The molecule has 11 nitrogen and oxygen atoms in total. The Bertz CT molecular complexity index is 1440. The molecule has 0 amide bonds. The second-order valence-corrected chi connectivity index (χ2v) is 9.72. The number of H-pyrrole nitrogens is 1. The summed E-state index contributed by atoms with van der Waals surface area (Å²) in [6, 6.07) is 12.0. The second kappa shape index (κ2) is 9.25. The first kappa shape index (κ1) is 22.7. The maximum Gasteiger partial charge on any atom is 0.261 e. The molecule has 0 spiro atoms. The number of nitrogens with zero attached hydrogens (tertiary/aromatic N) is 6. The number of aromatic amines is 1. The van der Waals surface area contributed by atoms with E-state index < -0.39 is 15.8 Å². The van der Waals surface area contributed by atoms with E-state index in [0.717, 1.165) is 49.6 Å². The zero-order valence-electron chi connectivity index (χ0n) is 18.7. The van der Waals surface area contributed by atoms with Gasteiger partial charge in [-0.1, -0.05) is 0 Å². The number of aromatic nitrogens is 6. The fourth-order valence-electron chi connectivity index (χ4n) is 3.83. The number of aryl methyl sites for hydroxylation is 1. The monoisotopic (exact) mass is 495 g/mol. The highest BCUT2D eigenvalue weighted by molar-refractivity contribution is 7.92. The van der Waals surface area contributed by atoms with Crippen molar-refractivity contribution in [3.05, 3.63) is 60.2 Å². The van der Waals surface area contributed by atoms with Gasteiger partial charge in [0, 0.05) is 30.5 Å². The summed E-state index contributed by atoms with van der Waals surface area (Å²) in [5.74, 6) is 1.52. The Morgan fingerprint density at radius 1 is 1.00 bits per heavy atom. The van der Waals surface area contributed by atoms with Crippen LogP contribution in [-0.4, -0.2) is 52.1 Å². The third-order valence-electron chi connectivity index (χ3n) is 5.50. The summed E-state index contributed by atoms with van der Waals surface area (Å²) in [5, 5.41) is 16.3. The molecule has 2 aromatic carbocycles. The predicted octanol–water partition coefficient (Wildman–Crippen LogP) is 3.25. The van der Waals surface area contributed by atoms with Crippen molar-refractivity contribution in [1.82, 2.24) is 30.6 Å². The summed E-state index contributed by atoms with van der Waals surface area (Å²) in [6.07, 6.45) is 2.30. The lowest BCUT2D eigenvalue weighted by Gasteiger charge is -2.18. The molecular formula is C22H22FN9O2S. The van der Waals surface area contributed by atoms with Crippen LogP contribution in [0.4, 0.5) is 27.4 Å². The van der Waals surface area contributed by atoms with Crippen molar-refractivity contribution in [3.8, 4) is 11.4 Å². The number of benzene rings is 2. The molecule has 1 aliphatic rings. The van der Waals surface area contributed by atoms with Gasteiger partial charge in [0.25, 0.3) is 10.0 Å². The molecule has 0 radical (unpaired) electrons. The standard InChI is InChI=1S/C22H22FN9O2S/c1-14-24-20(13-21(25-14)32-10-2-3-11-32)26-15-4-6-16(7-5-15)29-35(33,34)17-8-9-19(23)18(12-17)22-27-30-31-28-22/h4-9,12-13,29H,2-3,10-11H2,1H3,(H,24,25,26)(H,27,28,30,31). The quantitative estimate of drug-likeness (QED) is 0.352. The molecule has 0 unspecified atom stereocenters. The molecule has 180 valence electrons. The van der Waals surface area contributed by atoms with Crippen LogP contribution >= 0.6 is 0 Å². The number of halogens is 1. The first-order valence-corrected chi connectivity index (χ1v) is 12.4. The van der Waals surface area contributed by atoms with E-state index in [2.05, 4.69) is 45.5 Å². The lowest BCUT2D eigenvalue weighted by Crippen LogP contribution is -2.19. The number of sulfonamides is 1. The molecular weight excluding hydrogens is 473 g/mol. The number of rotatable bonds is 7. The molecule has 1 fully saturated rings. The molecule has 0 bridgehead atoms. The van der Waals surface area contributed by atoms with Crippen molar-refractivity contribution in [2.45, 2.75) is 24.7 Å². The summed E-state index contributed by atoms with van der Waals surface area (Å²) in [6.45, 7) is 3.81. The van der Waals surface area contributed by atoms with Gasteiger partial charge in [-0.2, -0.15) is 5.21 Å². The molecule has 2 aromatic heterocycles.